The van der Waals surface area contributed by atoms with Crippen molar-refractivity contribution in [3.05, 3.63) is 73.6 Å². The molecule has 3 aromatic rings. The first-order chi connectivity index (χ1) is 13.7. The third-order valence-corrected chi connectivity index (χ3v) is 4.52. The van der Waals surface area contributed by atoms with E-state index in [-0.39, 0.29) is 16.5 Å². The van der Waals surface area contributed by atoms with E-state index < -0.39 is 10.5 Å². The molecule has 2 aromatic carbocycles. The van der Waals surface area contributed by atoms with Gasteiger partial charge in [-0.1, -0.05) is 17.7 Å². The van der Waals surface area contributed by atoms with Gasteiger partial charge in [-0.3, -0.25) is 20.0 Å². The summed E-state index contributed by atoms with van der Waals surface area (Å²) in [7, 11) is 0. The van der Waals surface area contributed by atoms with Gasteiger partial charge in [-0.05, 0) is 56.2 Å². The summed E-state index contributed by atoms with van der Waals surface area (Å²) in [6.45, 7) is 5.81. The van der Waals surface area contributed by atoms with Gasteiger partial charge in [0.25, 0.3) is 5.69 Å². The Kier molecular flexibility index (Phi) is 5.37. The van der Waals surface area contributed by atoms with Crippen LogP contribution < -0.4 is 11.3 Å². The Hall–Kier alpha value is -3.66. The Labute approximate surface area is 171 Å². The summed E-state index contributed by atoms with van der Waals surface area (Å²) in [6.07, 6.45) is 0. The summed E-state index contributed by atoms with van der Waals surface area (Å²) in [4.78, 5) is 23.1. The number of nitrogens with zero attached hydrogens (tertiary/aromatic N) is 4. The number of hydrogen-bond donors (Lipinski definition) is 2. The fourth-order valence-corrected chi connectivity index (χ4v) is 3.19. The van der Waals surface area contributed by atoms with Gasteiger partial charge in [0, 0.05) is 17.7 Å². The smallest absolute Gasteiger partial charge is 0.301 e. The van der Waals surface area contributed by atoms with Crippen LogP contribution in [0.5, 0.6) is 0 Å². The quantitative estimate of drug-likeness (QED) is 0.288. The molecule has 1 heterocycles. The first-order valence-electron chi connectivity index (χ1n) is 8.58. The van der Waals surface area contributed by atoms with Gasteiger partial charge in [0.2, 0.25) is 0 Å². The lowest BCUT2D eigenvalue weighted by molar-refractivity contribution is -0.384. The van der Waals surface area contributed by atoms with Crippen molar-refractivity contribution < 1.29 is 4.92 Å². The molecule has 3 N–H and O–H groups in total. The molecule has 0 bridgehead atoms. The van der Waals surface area contributed by atoms with Gasteiger partial charge in [0.1, 0.15) is 0 Å². The van der Waals surface area contributed by atoms with Crippen LogP contribution in [0.4, 0.5) is 17.1 Å². The molecule has 0 saturated carbocycles. The fraction of sp³-hybridized carbons (Fsp3) is 0.158. The predicted octanol–water partition coefficient (Wildman–Crippen LogP) is 4.18. The molecule has 0 amide bonds. The van der Waals surface area contributed by atoms with E-state index in [4.69, 9.17) is 18.0 Å². The molecule has 0 spiro atoms. The molecule has 0 fully saturated rings. The van der Waals surface area contributed by atoms with Crippen molar-refractivity contribution in [3.63, 3.8) is 0 Å². The van der Waals surface area contributed by atoms with Crippen molar-refractivity contribution in [3.8, 4) is 11.3 Å². The van der Waals surface area contributed by atoms with Crippen molar-refractivity contribution in [1.29, 1.82) is 0 Å². The average molecular weight is 410 g/mol. The maximum absolute atomic E-state index is 12.7. The van der Waals surface area contributed by atoms with Gasteiger partial charge >= 0.3 is 5.56 Å². The van der Waals surface area contributed by atoms with E-state index in [1.54, 1.807) is 0 Å². The van der Waals surface area contributed by atoms with Crippen molar-refractivity contribution in [1.82, 2.24) is 9.78 Å². The Morgan fingerprint density at radius 1 is 1.10 bits per heavy atom. The lowest BCUT2D eigenvalue weighted by atomic mass is 10.1. The molecule has 3 rings (SSSR count). The third kappa shape index (κ3) is 3.97. The number of azo groups is 1. The molecular formula is C19H18N6O3S. The van der Waals surface area contributed by atoms with Crippen LogP contribution in [0.3, 0.4) is 0 Å². The predicted molar refractivity (Wildman–Crippen MR) is 114 cm³/mol. The van der Waals surface area contributed by atoms with Crippen LogP contribution in [0.15, 0.2) is 51.4 Å². The van der Waals surface area contributed by atoms with Gasteiger partial charge in [-0.15, -0.1) is 10.2 Å². The van der Waals surface area contributed by atoms with Crippen LogP contribution in [-0.4, -0.2) is 19.8 Å². The molecule has 29 heavy (non-hydrogen) atoms. The second kappa shape index (κ2) is 7.76. The summed E-state index contributed by atoms with van der Waals surface area (Å²) in [6, 6.07) is 9.64. The third-order valence-electron chi connectivity index (χ3n) is 4.34. The second-order valence-corrected chi connectivity index (χ2v) is 6.98. The first kappa shape index (κ1) is 20.1. The van der Waals surface area contributed by atoms with Crippen molar-refractivity contribution in [2.75, 3.05) is 0 Å². The molecule has 0 saturated heterocycles. The van der Waals surface area contributed by atoms with Crippen LogP contribution in [0.2, 0.25) is 0 Å². The van der Waals surface area contributed by atoms with E-state index in [2.05, 4.69) is 15.3 Å². The number of nitro benzene ring substituents is 1. The Morgan fingerprint density at radius 2 is 1.66 bits per heavy atom. The molecule has 0 aliphatic rings. The van der Waals surface area contributed by atoms with Crippen molar-refractivity contribution in [2.24, 2.45) is 16.0 Å². The lowest BCUT2D eigenvalue weighted by Gasteiger charge is -2.05. The van der Waals surface area contributed by atoms with Crippen molar-refractivity contribution in [2.45, 2.75) is 20.8 Å². The number of thiocarbonyl (C=S) groups is 1. The lowest BCUT2D eigenvalue weighted by Crippen LogP contribution is -2.29. The topological polar surface area (TPSA) is 132 Å². The SMILES string of the molecule is Cc1cc(C)c(N=Nc2c(-c3ccc([N+](=O)[O-])cc3)[nH]n(C(N)=S)c2=O)c(C)c1. The first-order valence-corrected chi connectivity index (χ1v) is 8.99. The van der Waals surface area contributed by atoms with Gasteiger partial charge in [0.05, 0.1) is 16.3 Å². The number of non-ortho nitro benzene ring substituents is 1. The van der Waals surface area contributed by atoms with Crippen LogP contribution in [0.25, 0.3) is 11.3 Å². The van der Waals surface area contributed by atoms with E-state index in [0.29, 0.717) is 16.9 Å². The van der Waals surface area contributed by atoms with E-state index in [1.165, 1.54) is 24.3 Å². The summed E-state index contributed by atoms with van der Waals surface area (Å²) >= 11 is 4.91. The summed E-state index contributed by atoms with van der Waals surface area (Å²) in [5.74, 6) is 0. The number of aromatic amines is 1. The minimum Gasteiger partial charge on any atom is -0.374 e. The molecule has 148 valence electrons. The fourth-order valence-electron chi connectivity index (χ4n) is 3.06. The molecule has 0 radical (unpaired) electrons. The second-order valence-electron chi connectivity index (χ2n) is 6.57. The van der Waals surface area contributed by atoms with Gasteiger partial charge in [-0.2, -0.15) is 4.68 Å². The highest BCUT2D eigenvalue weighted by molar-refractivity contribution is 7.80. The Bertz CT molecular complexity index is 1180. The Balaban J connectivity index is 2.14. The highest BCUT2D eigenvalue weighted by Gasteiger charge is 2.18. The number of hydrogen-bond acceptors (Lipinski definition) is 6. The highest BCUT2D eigenvalue weighted by Crippen LogP contribution is 2.31. The maximum atomic E-state index is 12.7. The highest BCUT2D eigenvalue weighted by atomic mass is 32.1. The minimum atomic E-state index is -0.558. The molecule has 1 aromatic heterocycles. The van der Waals surface area contributed by atoms with Gasteiger partial charge in [0.15, 0.2) is 10.8 Å². The van der Waals surface area contributed by atoms with Gasteiger partial charge in [-0.25, -0.2) is 0 Å². The Morgan fingerprint density at radius 3 is 2.17 bits per heavy atom. The van der Waals surface area contributed by atoms with E-state index in [9.17, 15) is 14.9 Å². The maximum Gasteiger partial charge on any atom is 0.301 e. The number of aryl methyl sites for hydroxylation is 3. The zero-order chi connectivity index (χ0) is 21.3. The molecule has 9 nitrogen and oxygen atoms in total. The van der Waals surface area contributed by atoms with Gasteiger partial charge < -0.3 is 5.73 Å². The number of nitrogens with two attached hydrogens (primary N) is 1. The monoisotopic (exact) mass is 410 g/mol. The van der Waals surface area contributed by atoms with E-state index >= 15 is 0 Å². The van der Waals surface area contributed by atoms with E-state index in [0.717, 1.165) is 21.4 Å². The molecule has 0 aliphatic carbocycles. The molecule has 0 atom stereocenters. The molecular weight excluding hydrogens is 392 g/mol. The van der Waals surface area contributed by atoms with Crippen LogP contribution in [-0.2, 0) is 0 Å². The number of rotatable bonds is 4. The molecule has 0 unspecified atom stereocenters. The number of nitro groups is 1. The van der Waals surface area contributed by atoms with Crippen molar-refractivity contribution >= 4 is 34.4 Å². The minimum absolute atomic E-state index is 0.00558. The molecule has 0 aliphatic heterocycles. The van der Waals surface area contributed by atoms with Crippen LogP contribution >= 0.6 is 12.2 Å². The molecule has 10 heteroatoms. The summed E-state index contributed by atoms with van der Waals surface area (Å²) < 4.78 is 0.981. The van der Waals surface area contributed by atoms with Crippen LogP contribution in [0, 0.1) is 30.9 Å². The van der Waals surface area contributed by atoms with E-state index in [1.807, 2.05) is 32.9 Å². The average Bonchev–Trinajstić information content (AvgIpc) is 2.98. The largest absolute Gasteiger partial charge is 0.374 e. The number of aromatic nitrogens is 2. The normalized spacial score (nSPS) is 11.1. The van der Waals surface area contributed by atoms with Crippen LogP contribution in [0.1, 0.15) is 16.7 Å². The standard InChI is InChI=1S/C19H18N6O3S/c1-10-8-11(2)15(12(3)9-10)21-22-17-16(23-24(18(17)26)19(20)29)13-4-6-14(7-5-13)25(27)28/h4-9,23H,1-3H3,(H2,20,29). The zero-order valence-electron chi connectivity index (χ0n) is 16.0. The number of H-pyrrole nitrogens is 1. The number of benzene rings is 2. The summed E-state index contributed by atoms with van der Waals surface area (Å²) in [5, 5.41) is 22.0. The number of nitrogens with one attached hydrogen (secondary N) is 1. The zero-order valence-corrected chi connectivity index (χ0v) is 16.8. The summed E-state index contributed by atoms with van der Waals surface area (Å²) in [5.41, 5.74) is 9.42.